The average Bonchev–Trinajstić information content (AvgIpc) is 0.917. The molecule has 3 N–H and O–H groups in total. The summed E-state index contributed by atoms with van der Waals surface area (Å²) in [7, 11) is -9.99. The Bertz CT molecular complexity index is 2410. The predicted molar refractivity (Wildman–Crippen MR) is 418 cm³/mol. The smallest absolute Gasteiger partial charge is 0.462 e. The summed E-state index contributed by atoms with van der Waals surface area (Å²) in [6.07, 6.45) is 81.8. The number of phosphoric acid groups is 2. The van der Waals surface area contributed by atoms with Gasteiger partial charge in [0.05, 0.1) is 26.4 Å². The van der Waals surface area contributed by atoms with Crippen LogP contribution in [-0.2, 0) is 65.4 Å². The van der Waals surface area contributed by atoms with E-state index in [0.717, 1.165) is 141 Å². The van der Waals surface area contributed by atoms with Gasteiger partial charge in [0.15, 0.2) is 12.2 Å². The molecule has 0 aromatic heterocycles. The van der Waals surface area contributed by atoms with Crippen molar-refractivity contribution in [2.24, 2.45) is 0 Å². The molecule has 0 radical (unpaired) electrons. The highest BCUT2D eigenvalue weighted by Crippen LogP contribution is 2.45. The molecule has 102 heavy (non-hydrogen) atoms. The molecular formula is C83H142O17P2. The predicted octanol–water partition coefficient (Wildman–Crippen LogP) is 23.1. The van der Waals surface area contributed by atoms with Crippen LogP contribution in [0.5, 0.6) is 0 Å². The fourth-order valence-electron chi connectivity index (χ4n) is 10.3. The van der Waals surface area contributed by atoms with Gasteiger partial charge in [-0.3, -0.25) is 37.3 Å². The van der Waals surface area contributed by atoms with Crippen LogP contribution >= 0.6 is 15.6 Å². The van der Waals surface area contributed by atoms with E-state index < -0.39 is 97.5 Å². The first-order valence-corrected chi connectivity index (χ1v) is 42.8. The van der Waals surface area contributed by atoms with E-state index in [4.69, 9.17) is 37.0 Å². The van der Waals surface area contributed by atoms with Crippen molar-refractivity contribution < 1.29 is 80.2 Å². The van der Waals surface area contributed by atoms with E-state index in [-0.39, 0.29) is 25.7 Å². The van der Waals surface area contributed by atoms with Crippen molar-refractivity contribution in [2.45, 2.75) is 341 Å². The Kier molecular flexibility index (Phi) is 71.4. The van der Waals surface area contributed by atoms with Crippen molar-refractivity contribution in [1.29, 1.82) is 0 Å². The van der Waals surface area contributed by atoms with E-state index in [2.05, 4.69) is 137 Å². The molecule has 0 aromatic rings. The van der Waals surface area contributed by atoms with E-state index in [9.17, 15) is 43.2 Å². The molecule has 0 spiro atoms. The SMILES string of the molecule is CCCCC/C=C\C/C=C\C/C=C\C/C=C\CCCC(=O)O[C@H](COC(=O)CCCCCCC/C=C\C=C/CCCCCC)COP(=O)(O)OC[C@@H](O)COP(=O)(O)OC[C@@H](COC(=O)CCCCCCC/C=C\C=C/CCCCCC)OC(=O)CCCCCCC/C=C\C=C/CCCCCC. The van der Waals surface area contributed by atoms with Crippen molar-refractivity contribution in [2.75, 3.05) is 39.6 Å². The zero-order valence-corrected chi connectivity index (χ0v) is 65.8. The molecule has 586 valence electrons. The van der Waals surface area contributed by atoms with E-state index in [0.29, 0.717) is 32.1 Å². The first kappa shape index (κ1) is 97.5. The summed E-state index contributed by atoms with van der Waals surface area (Å²) in [6.45, 7) is 4.68. The van der Waals surface area contributed by atoms with Gasteiger partial charge in [-0.05, 0) is 141 Å². The van der Waals surface area contributed by atoms with Gasteiger partial charge >= 0.3 is 39.5 Å². The third-order valence-electron chi connectivity index (χ3n) is 16.5. The summed E-state index contributed by atoms with van der Waals surface area (Å²) < 4.78 is 68.5. The van der Waals surface area contributed by atoms with Gasteiger partial charge in [-0.25, -0.2) is 9.13 Å². The molecule has 0 rings (SSSR count). The third kappa shape index (κ3) is 73.8. The normalized spacial score (nSPS) is 14.5. The number of hydrogen-bond acceptors (Lipinski definition) is 15. The molecule has 0 fully saturated rings. The number of rotatable bonds is 74. The second kappa shape index (κ2) is 74.7. The molecule has 0 aliphatic rings. The highest BCUT2D eigenvalue weighted by atomic mass is 31.2. The minimum absolute atomic E-state index is 0.0132. The Balaban J connectivity index is 5.46. The third-order valence-corrected chi connectivity index (χ3v) is 18.4. The van der Waals surface area contributed by atoms with Crippen molar-refractivity contribution in [3.63, 3.8) is 0 Å². The van der Waals surface area contributed by atoms with E-state index >= 15 is 0 Å². The molecule has 2 unspecified atom stereocenters. The summed E-state index contributed by atoms with van der Waals surface area (Å²) in [5.74, 6) is -2.29. The van der Waals surface area contributed by atoms with Gasteiger partial charge in [0.25, 0.3) is 0 Å². The fraction of sp³-hybridized carbons (Fsp3) is 0.711. The van der Waals surface area contributed by atoms with Crippen molar-refractivity contribution in [3.05, 3.63) is 122 Å². The topological polar surface area (TPSA) is 237 Å². The molecular weight excluding hydrogens is 1330 g/mol. The maximum Gasteiger partial charge on any atom is 0.472 e. The van der Waals surface area contributed by atoms with Gasteiger partial charge in [0, 0.05) is 25.7 Å². The van der Waals surface area contributed by atoms with Crippen LogP contribution in [0, 0.1) is 0 Å². The lowest BCUT2D eigenvalue weighted by Crippen LogP contribution is -2.30. The van der Waals surface area contributed by atoms with E-state index in [1.54, 1.807) is 0 Å². The maximum absolute atomic E-state index is 13.1. The molecule has 0 aliphatic heterocycles. The number of esters is 4. The highest BCUT2D eigenvalue weighted by molar-refractivity contribution is 7.47. The van der Waals surface area contributed by atoms with Crippen LogP contribution in [0.25, 0.3) is 0 Å². The van der Waals surface area contributed by atoms with Crippen molar-refractivity contribution >= 4 is 39.5 Å². The molecule has 0 heterocycles. The minimum Gasteiger partial charge on any atom is -0.462 e. The van der Waals surface area contributed by atoms with Crippen LogP contribution in [0.1, 0.15) is 323 Å². The zero-order chi connectivity index (χ0) is 74.6. The molecule has 0 amide bonds. The van der Waals surface area contributed by atoms with Gasteiger partial charge < -0.3 is 33.8 Å². The summed E-state index contributed by atoms with van der Waals surface area (Å²) in [6, 6.07) is 0. The Morgan fingerprint density at radius 1 is 0.284 bits per heavy atom. The molecule has 5 atom stereocenters. The van der Waals surface area contributed by atoms with Crippen LogP contribution in [-0.4, -0.2) is 96.7 Å². The number of carbonyl (C=O) groups is 4. The molecule has 17 nitrogen and oxygen atoms in total. The summed E-state index contributed by atoms with van der Waals surface area (Å²) in [5.41, 5.74) is 0. The second-order valence-corrected chi connectivity index (χ2v) is 29.3. The quantitative estimate of drug-likeness (QED) is 0.0128. The largest absolute Gasteiger partial charge is 0.472 e. The zero-order valence-electron chi connectivity index (χ0n) is 64.0. The number of hydrogen-bond donors (Lipinski definition) is 3. The Morgan fingerprint density at radius 3 is 0.853 bits per heavy atom. The maximum atomic E-state index is 13.1. The fourth-order valence-corrected chi connectivity index (χ4v) is 11.9. The average molecular weight is 1470 g/mol. The Labute approximate surface area is 619 Å². The number of ether oxygens (including phenoxy) is 4. The first-order valence-electron chi connectivity index (χ1n) is 39.8. The number of allylic oxidation sites excluding steroid dienone is 20. The summed E-state index contributed by atoms with van der Waals surface area (Å²) in [4.78, 5) is 73.0. The standard InChI is InChI=1S/C83H142O17P2/c1-5-9-13-17-21-25-29-33-37-38-42-46-50-54-58-62-66-70-83(88)100-79(74-94-81(86)68-64-60-56-52-48-44-40-35-31-27-23-19-15-11-7-3)76-98-102(91,92)96-72-77(84)71-95-101(89,90)97-75-78(99-82(87)69-65-61-57-53-49-45-41-36-32-28-24-20-16-12-8-4)73-93-80(85)67-63-59-55-51-47-43-39-34-30-26-22-18-14-10-6-2/h21,25-28,30-37,39-42,46,54,58,77-79,84H,5-20,22-24,29,38,43-45,47-53,55-57,59-76H2,1-4H3,(H,89,90)(H,91,92)/b25-21-,30-26-,31-27-,32-28-,37-33-,39-34-,40-35-,41-36-,46-42-,58-54-/t77-,78+,79+/m0/s1. The monoisotopic (exact) mass is 1470 g/mol. The van der Waals surface area contributed by atoms with Gasteiger partial charge in [-0.1, -0.05) is 278 Å². The van der Waals surface area contributed by atoms with Crippen LogP contribution in [0.2, 0.25) is 0 Å². The summed E-state index contributed by atoms with van der Waals surface area (Å²) >= 11 is 0. The molecule has 0 saturated heterocycles. The lowest BCUT2D eigenvalue weighted by molar-refractivity contribution is -0.161. The summed E-state index contributed by atoms with van der Waals surface area (Å²) in [5, 5.41) is 10.6. The molecule has 0 bridgehead atoms. The molecule has 0 aliphatic carbocycles. The van der Waals surface area contributed by atoms with Gasteiger partial charge in [0.2, 0.25) is 0 Å². The van der Waals surface area contributed by atoms with E-state index in [1.165, 1.54) is 96.3 Å². The minimum atomic E-state index is -5.00. The van der Waals surface area contributed by atoms with Crippen LogP contribution in [0.4, 0.5) is 0 Å². The van der Waals surface area contributed by atoms with Crippen LogP contribution < -0.4 is 0 Å². The van der Waals surface area contributed by atoms with Gasteiger partial charge in [0.1, 0.15) is 19.3 Å². The number of aliphatic hydroxyl groups excluding tert-OH is 1. The Morgan fingerprint density at radius 2 is 0.520 bits per heavy atom. The van der Waals surface area contributed by atoms with Crippen molar-refractivity contribution in [1.82, 2.24) is 0 Å². The molecule has 19 heteroatoms. The number of phosphoric ester groups is 2. The Hall–Kier alpha value is -4.54. The lowest BCUT2D eigenvalue weighted by Gasteiger charge is -2.21. The van der Waals surface area contributed by atoms with Gasteiger partial charge in [-0.2, -0.15) is 0 Å². The van der Waals surface area contributed by atoms with Crippen molar-refractivity contribution in [3.8, 4) is 0 Å². The molecule has 0 saturated carbocycles. The molecule has 0 aromatic carbocycles. The van der Waals surface area contributed by atoms with E-state index in [1.807, 2.05) is 12.2 Å². The van der Waals surface area contributed by atoms with Gasteiger partial charge in [-0.15, -0.1) is 0 Å². The number of unbranched alkanes of at least 4 members (excludes halogenated alkanes) is 31. The van der Waals surface area contributed by atoms with Crippen LogP contribution in [0.3, 0.4) is 0 Å². The first-order chi connectivity index (χ1) is 49.7. The lowest BCUT2D eigenvalue weighted by atomic mass is 10.1. The highest BCUT2D eigenvalue weighted by Gasteiger charge is 2.30. The van der Waals surface area contributed by atoms with Crippen LogP contribution in [0.15, 0.2) is 122 Å². The number of carbonyl (C=O) groups excluding carboxylic acids is 4. The second-order valence-electron chi connectivity index (χ2n) is 26.4. The number of aliphatic hydroxyl groups is 1.